The van der Waals surface area contributed by atoms with E-state index in [1.165, 1.54) is 0 Å². The minimum atomic E-state index is -0.709. The maximum atomic E-state index is 11.2. The van der Waals surface area contributed by atoms with Gasteiger partial charge in [-0.15, -0.1) is 0 Å². The quantitative estimate of drug-likeness (QED) is 0.736. The largest absolute Gasteiger partial charge is 0.496 e. The van der Waals surface area contributed by atoms with E-state index in [0.29, 0.717) is 19.5 Å². The molecule has 0 unspecified atom stereocenters. The second-order valence-corrected chi connectivity index (χ2v) is 9.06. The average molecular weight is 401 g/mol. The Bertz CT molecular complexity index is 789. The SMILES string of the molecule is COc1cc(/C=C/B2OC(C)(C)C(C)(C)O2)c(C)cc1CN1CC[C@@H](C(=O)O)C1. The Hall–Kier alpha value is -1.83. The fourth-order valence-electron chi connectivity index (χ4n) is 3.82. The van der Waals surface area contributed by atoms with E-state index in [0.717, 1.165) is 29.0 Å². The summed E-state index contributed by atoms with van der Waals surface area (Å²) in [4.78, 5) is 13.4. The molecule has 2 fully saturated rings. The van der Waals surface area contributed by atoms with Crippen molar-refractivity contribution < 1.29 is 23.9 Å². The molecule has 0 amide bonds. The molecular formula is C22H32BNO5. The van der Waals surface area contributed by atoms with Gasteiger partial charge in [-0.1, -0.05) is 18.1 Å². The topological polar surface area (TPSA) is 68.2 Å². The first-order valence-corrected chi connectivity index (χ1v) is 10.2. The summed E-state index contributed by atoms with van der Waals surface area (Å²) in [7, 11) is 1.28. The fraction of sp³-hybridized carbons (Fsp3) is 0.591. The zero-order valence-electron chi connectivity index (χ0n) is 18.3. The van der Waals surface area contributed by atoms with E-state index in [9.17, 15) is 9.90 Å². The average Bonchev–Trinajstić information content (AvgIpc) is 3.16. The molecule has 0 bridgehead atoms. The zero-order chi connectivity index (χ0) is 21.4. The molecule has 0 radical (unpaired) electrons. The molecule has 0 saturated carbocycles. The summed E-state index contributed by atoms with van der Waals surface area (Å²) in [6.07, 6.45) is 2.71. The summed E-state index contributed by atoms with van der Waals surface area (Å²) >= 11 is 0. The minimum Gasteiger partial charge on any atom is -0.496 e. The van der Waals surface area contributed by atoms with Gasteiger partial charge >= 0.3 is 13.1 Å². The number of likely N-dealkylation sites (tertiary alicyclic amines) is 1. The van der Waals surface area contributed by atoms with Crippen LogP contribution in [0.3, 0.4) is 0 Å². The van der Waals surface area contributed by atoms with Gasteiger partial charge in [0.05, 0.1) is 24.2 Å². The standard InChI is InChI=1S/C22H32BNO5/c1-15-11-18(14-24-10-8-17(13-24)20(25)26)19(27-6)12-16(15)7-9-23-28-21(2,3)22(4,5)29-23/h7,9,11-12,17H,8,10,13-14H2,1-6H3,(H,25,26)/b9-7+/t17-/m1/s1. The van der Waals surface area contributed by atoms with Crippen LogP contribution in [0.5, 0.6) is 5.75 Å². The van der Waals surface area contributed by atoms with Crippen molar-refractivity contribution in [2.75, 3.05) is 20.2 Å². The van der Waals surface area contributed by atoms with E-state index in [2.05, 4.69) is 17.9 Å². The van der Waals surface area contributed by atoms with Crippen LogP contribution in [0, 0.1) is 12.8 Å². The molecule has 7 heteroatoms. The fourth-order valence-corrected chi connectivity index (χ4v) is 3.82. The van der Waals surface area contributed by atoms with Gasteiger partial charge in [-0.05, 0) is 64.8 Å². The number of nitrogens with zero attached hydrogens (tertiary/aromatic N) is 1. The summed E-state index contributed by atoms with van der Waals surface area (Å²) in [5.41, 5.74) is 2.53. The van der Waals surface area contributed by atoms with Crippen LogP contribution in [0.1, 0.15) is 50.8 Å². The van der Waals surface area contributed by atoms with Crippen LogP contribution >= 0.6 is 0 Å². The lowest BCUT2D eigenvalue weighted by Gasteiger charge is -2.32. The molecule has 2 heterocycles. The summed E-state index contributed by atoms with van der Waals surface area (Å²) in [6, 6.07) is 4.15. The van der Waals surface area contributed by atoms with E-state index >= 15 is 0 Å². The van der Waals surface area contributed by atoms with E-state index < -0.39 is 5.97 Å². The number of ether oxygens (including phenoxy) is 1. The number of rotatable bonds is 6. The lowest BCUT2D eigenvalue weighted by molar-refractivity contribution is -0.141. The van der Waals surface area contributed by atoms with Crippen molar-refractivity contribution in [2.24, 2.45) is 5.92 Å². The molecule has 1 aromatic rings. The van der Waals surface area contributed by atoms with Gasteiger partial charge in [0.1, 0.15) is 5.75 Å². The first-order valence-electron chi connectivity index (χ1n) is 10.2. The van der Waals surface area contributed by atoms with Gasteiger partial charge in [-0.3, -0.25) is 9.69 Å². The van der Waals surface area contributed by atoms with Crippen LogP contribution < -0.4 is 4.74 Å². The molecule has 0 spiro atoms. The third-order valence-electron chi connectivity index (χ3n) is 6.39. The molecule has 158 valence electrons. The highest BCUT2D eigenvalue weighted by Crippen LogP contribution is 2.37. The number of carboxylic acid groups (broad SMARTS) is 1. The number of carbonyl (C=O) groups is 1. The van der Waals surface area contributed by atoms with Gasteiger partial charge in [0, 0.05) is 18.7 Å². The van der Waals surface area contributed by atoms with Crippen LogP contribution in [0.15, 0.2) is 18.1 Å². The minimum absolute atomic E-state index is 0.274. The predicted octanol–water partition coefficient (Wildman–Crippen LogP) is 3.55. The third kappa shape index (κ3) is 4.68. The van der Waals surface area contributed by atoms with Crippen LogP contribution in [-0.2, 0) is 20.6 Å². The Kier molecular flexibility index (Phi) is 6.13. The smallest absolute Gasteiger partial charge is 0.487 e. The van der Waals surface area contributed by atoms with Gasteiger partial charge in [0.25, 0.3) is 0 Å². The van der Waals surface area contributed by atoms with Crippen molar-refractivity contribution in [3.05, 3.63) is 34.8 Å². The number of aliphatic carboxylic acids is 1. The Labute approximate surface area is 174 Å². The van der Waals surface area contributed by atoms with Crippen LogP contribution in [0.25, 0.3) is 6.08 Å². The lowest BCUT2D eigenvalue weighted by atomic mass is 9.88. The van der Waals surface area contributed by atoms with Crippen molar-refractivity contribution in [2.45, 2.75) is 58.8 Å². The molecule has 0 aromatic heterocycles. The highest BCUT2D eigenvalue weighted by Gasteiger charge is 2.50. The van der Waals surface area contributed by atoms with Crippen molar-refractivity contribution in [1.29, 1.82) is 0 Å². The highest BCUT2D eigenvalue weighted by atomic mass is 16.7. The maximum absolute atomic E-state index is 11.2. The lowest BCUT2D eigenvalue weighted by Crippen LogP contribution is -2.41. The molecule has 2 aliphatic heterocycles. The van der Waals surface area contributed by atoms with Gasteiger partial charge in [0.15, 0.2) is 0 Å². The zero-order valence-corrected chi connectivity index (χ0v) is 18.3. The third-order valence-corrected chi connectivity index (χ3v) is 6.39. The first-order chi connectivity index (χ1) is 13.5. The second kappa shape index (κ2) is 8.13. The number of methoxy groups -OCH3 is 1. The summed E-state index contributed by atoms with van der Waals surface area (Å²) in [5.74, 6) is 1.77. The Morgan fingerprint density at radius 1 is 1.31 bits per heavy atom. The highest BCUT2D eigenvalue weighted by molar-refractivity contribution is 6.52. The van der Waals surface area contributed by atoms with E-state index in [1.807, 2.05) is 45.8 Å². The Balaban J connectivity index is 1.73. The molecule has 2 aliphatic rings. The Morgan fingerprint density at radius 2 is 1.97 bits per heavy atom. The van der Waals surface area contributed by atoms with Crippen molar-refractivity contribution in [3.63, 3.8) is 0 Å². The van der Waals surface area contributed by atoms with E-state index in [1.54, 1.807) is 7.11 Å². The van der Waals surface area contributed by atoms with Gasteiger partial charge in [0.2, 0.25) is 0 Å². The van der Waals surface area contributed by atoms with Gasteiger partial charge < -0.3 is 19.2 Å². The van der Waals surface area contributed by atoms with Gasteiger partial charge in [-0.2, -0.15) is 0 Å². The molecule has 3 rings (SSSR count). The molecular weight excluding hydrogens is 369 g/mol. The molecule has 1 aromatic carbocycles. The second-order valence-electron chi connectivity index (χ2n) is 9.06. The summed E-state index contributed by atoms with van der Waals surface area (Å²) < 4.78 is 17.7. The monoisotopic (exact) mass is 401 g/mol. The summed E-state index contributed by atoms with van der Waals surface area (Å²) in [6.45, 7) is 12.3. The van der Waals surface area contributed by atoms with E-state index in [4.69, 9.17) is 14.0 Å². The molecule has 6 nitrogen and oxygen atoms in total. The van der Waals surface area contributed by atoms with Crippen LogP contribution in [-0.4, -0.2) is 54.5 Å². The molecule has 2 saturated heterocycles. The van der Waals surface area contributed by atoms with Gasteiger partial charge in [-0.25, -0.2) is 0 Å². The molecule has 0 aliphatic carbocycles. The maximum Gasteiger partial charge on any atom is 0.487 e. The first kappa shape index (κ1) is 21.9. The number of benzene rings is 1. The van der Waals surface area contributed by atoms with Crippen molar-refractivity contribution >= 4 is 19.2 Å². The van der Waals surface area contributed by atoms with E-state index in [-0.39, 0.29) is 24.2 Å². The molecule has 29 heavy (non-hydrogen) atoms. The number of hydrogen-bond acceptors (Lipinski definition) is 5. The van der Waals surface area contributed by atoms with Crippen LogP contribution in [0.2, 0.25) is 0 Å². The normalized spacial score (nSPS) is 23.8. The Morgan fingerprint density at radius 3 is 2.52 bits per heavy atom. The summed E-state index contributed by atoms with van der Waals surface area (Å²) in [5, 5.41) is 9.21. The number of hydrogen-bond donors (Lipinski definition) is 1. The van der Waals surface area contributed by atoms with Crippen molar-refractivity contribution in [1.82, 2.24) is 4.90 Å². The molecule has 1 N–H and O–H groups in total. The predicted molar refractivity (Wildman–Crippen MR) is 114 cm³/mol. The molecule has 1 atom stereocenters. The number of aryl methyl sites for hydroxylation is 1. The van der Waals surface area contributed by atoms with Crippen LogP contribution in [0.4, 0.5) is 0 Å². The number of carboxylic acids is 1. The van der Waals surface area contributed by atoms with Crippen molar-refractivity contribution in [3.8, 4) is 5.75 Å².